The second-order valence-corrected chi connectivity index (χ2v) is 6.96. The van der Waals surface area contributed by atoms with Crippen LogP contribution in [0.1, 0.15) is 0 Å². The highest BCUT2D eigenvalue weighted by Gasteiger charge is 2.07. The minimum Gasteiger partial charge on any atom is -0.407 e. The summed E-state index contributed by atoms with van der Waals surface area (Å²) in [5.74, 6) is 25.5. The Bertz CT molecular complexity index is 1760. The molecule has 158 valence electrons. The average molecular weight is 441 g/mol. The van der Waals surface area contributed by atoms with Crippen LogP contribution in [0.3, 0.4) is 0 Å². The Hall–Kier alpha value is -5.77. The van der Waals surface area contributed by atoms with Crippen LogP contribution in [-0.2, 0) is 0 Å². The molecule has 4 rings (SSSR count). The van der Waals surface area contributed by atoms with Gasteiger partial charge < -0.3 is 4.74 Å². The first-order chi connectivity index (χ1) is 17.3. The molecule has 0 aliphatic heterocycles. The molecule has 0 N–H and O–H groups in total. The lowest BCUT2D eigenvalue weighted by Gasteiger charge is -2.09. The summed E-state index contributed by atoms with van der Waals surface area (Å²) in [7, 11) is 0. The topological polar surface area (TPSA) is 22.1 Å². The van der Waals surface area contributed by atoms with E-state index in [1.807, 2.05) is 54.7 Å². The van der Waals surface area contributed by atoms with Gasteiger partial charge in [0.1, 0.15) is 11.9 Å². The van der Waals surface area contributed by atoms with Crippen molar-refractivity contribution < 1.29 is 4.74 Å². The highest BCUT2D eigenvalue weighted by molar-refractivity contribution is 5.95. The molecule has 2 nitrogen and oxygen atoms in total. The zero-order chi connectivity index (χ0) is 24.1. The van der Waals surface area contributed by atoms with Crippen LogP contribution in [0.2, 0.25) is 0 Å². The summed E-state index contributed by atoms with van der Waals surface area (Å²) < 4.78 is 5.52. The molecule has 0 amide bonds. The third kappa shape index (κ3) is 6.14. The molecular formula is C33H15NO. The maximum atomic E-state index is 5.52. The Balaban J connectivity index is 1.50. The van der Waals surface area contributed by atoms with Gasteiger partial charge in [-0.1, -0.05) is 54.6 Å². The Morgan fingerprint density at radius 1 is 0.600 bits per heavy atom. The Kier molecular flexibility index (Phi) is 7.52. The van der Waals surface area contributed by atoms with Gasteiger partial charge in [-0.05, 0) is 70.4 Å². The summed E-state index contributed by atoms with van der Waals surface area (Å²) in [5.41, 5.74) is 4.07. The summed E-state index contributed by atoms with van der Waals surface area (Å²) in [5, 5.41) is 2.28. The number of fused-ring (bicyclic) bond motifs is 1. The molecule has 1 heterocycles. The van der Waals surface area contributed by atoms with Crippen LogP contribution < -0.4 is 4.74 Å². The molecule has 1 aromatic heterocycles. The minimum absolute atomic E-state index is 0.620. The predicted molar refractivity (Wildman–Crippen MR) is 141 cm³/mol. The average Bonchev–Trinajstić information content (AvgIpc) is 2.91. The van der Waals surface area contributed by atoms with Gasteiger partial charge in [-0.25, -0.2) is 0 Å². The second kappa shape index (κ2) is 11.7. The first-order valence-electron chi connectivity index (χ1n) is 10.5. The quantitative estimate of drug-likeness (QED) is 0.389. The van der Waals surface area contributed by atoms with Crippen LogP contribution in [0.15, 0.2) is 85.1 Å². The van der Waals surface area contributed by atoms with Crippen LogP contribution in [0, 0.1) is 71.7 Å². The van der Waals surface area contributed by atoms with Crippen molar-refractivity contribution in [2.24, 2.45) is 0 Å². The molecule has 0 saturated heterocycles. The van der Waals surface area contributed by atoms with E-state index in [9.17, 15) is 0 Å². The summed E-state index contributed by atoms with van der Waals surface area (Å²) in [6.07, 6.45) is 9.40. The van der Waals surface area contributed by atoms with Crippen LogP contribution in [0.25, 0.3) is 33.2 Å². The first-order valence-corrected chi connectivity index (χ1v) is 10.5. The van der Waals surface area contributed by atoms with Crippen LogP contribution in [0.5, 0.6) is 5.75 Å². The van der Waals surface area contributed by atoms with Crippen molar-refractivity contribution in [1.82, 2.24) is 4.98 Å². The summed E-state index contributed by atoms with van der Waals surface area (Å²) in [4.78, 5) is 4.64. The second-order valence-electron chi connectivity index (χ2n) is 6.96. The fourth-order valence-corrected chi connectivity index (χ4v) is 3.30. The van der Waals surface area contributed by atoms with E-state index < -0.39 is 0 Å². The first kappa shape index (κ1) is 22.4. The van der Waals surface area contributed by atoms with Crippen molar-refractivity contribution in [2.45, 2.75) is 0 Å². The zero-order valence-electron chi connectivity index (χ0n) is 18.5. The molecule has 35 heavy (non-hydrogen) atoms. The van der Waals surface area contributed by atoms with Crippen molar-refractivity contribution in [1.29, 1.82) is 0 Å². The maximum absolute atomic E-state index is 5.52. The molecule has 0 atom stereocenters. The summed E-state index contributed by atoms with van der Waals surface area (Å²) in [6, 6.07) is 26.3. The van der Waals surface area contributed by atoms with Gasteiger partial charge in [0.05, 0.1) is 5.69 Å². The van der Waals surface area contributed by atoms with Crippen molar-refractivity contribution in [3.8, 4) is 99.9 Å². The number of hydrogen-bond donors (Lipinski definition) is 0. The fourth-order valence-electron chi connectivity index (χ4n) is 3.30. The van der Waals surface area contributed by atoms with E-state index in [2.05, 4.69) is 101 Å². The van der Waals surface area contributed by atoms with Crippen molar-refractivity contribution in [3.63, 3.8) is 0 Å². The molecule has 0 aliphatic carbocycles. The lowest BCUT2D eigenvalue weighted by atomic mass is 9.99. The monoisotopic (exact) mass is 441 g/mol. The molecule has 0 aliphatic rings. The lowest BCUT2D eigenvalue weighted by Crippen LogP contribution is -1.88. The standard InChI is InChI=1S/C33H15NO/c1-2-3-4-5-6-7-8-9-10-13-24-35-31-20-15-18-29(26-31)28-17-14-19-30(25-28)33-32-21-12-11-16-27(32)22-23-34-33/h1,11-12,14-23,25-26H. The predicted octanol–water partition coefficient (Wildman–Crippen LogP) is 5.56. The van der Waals surface area contributed by atoms with E-state index in [1.165, 1.54) is 0 Å². The SMILES string of the molecule is C#CC#CC#CC#CC#CC#COc1cccc(-c2cccc(-c3nccc4ccccc34)c2)c1. The maximum Gasteiger partial charge on any atom is 0.140 e. The van der Waals surface area contributed by atoms with E-state index in [4.69, 9.17) is 11.2 Å². The number of pyridine rings is 1. The molecule has 2 heteroatoms. The Morgan fingerprint density at radius 2 is 1.26 bits per heavy atom. The number of nitrogens with zero attached hydrogens (tertiary/aromatic N) is 1. The molecule has 0 saturated carbocycles. The third-order valence-electron chi connectivity index (χ3n) is 4.77. The number of ether oxygens (including phenoxy) is 1. The van der Waals surface area contributed by atoms with Gasteiger partial charge in [0.15, 0.2) is 0 Å². The molecule has 0 bridgehead atoms. The van der Waals surface area contributed by atoms with Crippen LogP contribution >= 0.6 is 0 Å². The van der Waals surface area contributed by atoms with E-state index in [-0.39, 0.29) is 0 Å². The molecule has 0 fully saturated rings. The van der Waals surface area contributed by atoms with Crippen LogP contribution in [-0.4, -0.2) is 4.98 Å². The smallest absolute Gasteiger partial charge is 0.140 e. The number of aromatic nitrogens is 1. The number of hydrogen-bond acceptors (Lipinski definition) is 2. The largest absolute Gasteiger partial charge is 0.407 e. The Labute approximate surface area is 205 Å². The zero-order valence-corrected chi connectivity index (χ0v) is 18.5. The summed E-state index contributed by atoms with van der Waals surface area (Å²) >= 11 is 0. The molecule has 0 unspecified atom stereocenters. The van der Waals surface area contributed by atoms with Gasteiger partial charge in [-0.15, -0.1) is 6.42 Å². The fraction of sp³-hybridized carbons (Fsp3) is 0. The van der Waals surface area contributed by atoms with E-state index in [0.29, 0.717) is 5.75 Å². The minimum atomic E-state index is 0.620. The normalized spacial score (nSPS) is 8.54. The van der Waals surface area contributed by atoms with Gasteiger partial charge in [-0.3, -0.25) is 4.98 Å². The number of terminal acetylenes is 1. The van der Waals surface area contributed by atoms with Gasteiger partial charge in [0, 0.05) is 46.7 Å². The van der Waals surface area contributed by atoms with Crippen molar-refractivity contribution in [3.05, 3.63) is 85.1 Å². The lowest BCUT2D eigenvalue weighted by molar-refractivity contribution is 0.520. The van der Waals surface area contributed by atoms with E-state index in [1.54, 1.807) is 0 Å². The van der Waals surface area contributed by atoms with Crippen molar-refractivity contribution in [2.75, 3.05) is 0 Å². The molecule has 3 aromatic carbocycles. The highest BCUT2D eigenvalue weighted by Crippen LogP contribution is 2.31. The van der Waals surface area contributed by atoms with Crippen molar-refractivity contribution >= 4 is 10.8 Å². The Morgan fingerprint density at radius 3 is 2.06 bits per heavy atom. The van der Waals surface area contributed by atoms with Gasteiger partial charge in [-0.2, -0.15) is 0 Å². The van der Waals surface area contributed by atoms with Crippen LogP contribution in [0.4, 0.5) is 0 Å². The third-order valence-corrected chi connectivity index (χ3v) is 4.77. The molecule has 0 spiro atoms. The number of rotatable bonds is 3. The molecule has 0 radical (unpaired) electrons. The molecular weight excluding hydrogens is 426 g/mol. The molecule has 4 aromatic rings. The summed E-state index contributed by atoms with van der Waals surface area (Å²) in [6.45, 7) is 0. The van der Waals surface area contributed by atoms with E-state index in [0.717, 1.165) is 33.2 Å². The number of benzene rings is 3. The van der Waals surface area contributed by atoms with Gasteiger partial charge in [0.25, 0.3) is 0 Å². The van der Waals surface area contributed by atoms with Gasteiger partial charge in [0.2, 0.25) is 0 Å². The van der Waals surface area contributed by atoms with E-state index >= 15 is 0 Å². The van der Waals surface area contributed by atoms with Gasteiger partial charge >= 0.3 is 0 Å². The highest BCUT2D eigenvalue weighted by atomic mass is 16.5.